The van der Waals surface area contributed by atoms with Gasteiger partial charge in [0.15, 0.2) is 5.82 Å². The van der Waals surface area contributed by atoms with Crippen molar-refractivity contribution in [3.8, 4) is 17.1 Å². The Bertz CT molecular complexity index is 1190. The van der Waals surface area contributed by atoms with Crippen molar-refractivity contribution >= 4 is 23.5 Å². The van der Waals surface area contributed by atoms with Crippen molar-refractivity contribution < 1.29 is 14.3 Å². The number of ether oxygens (including phenoxy) is 1. The van der Waals surface area contributed by atoms with Crippen molar-refractivity contribution in [2.24, 2.45) is 5.92 Å². The lowest BCUT2D eigenvalue weighted by molar-refractivity contribution is -0.119. The number of likely N-dealkylation sites (tertiary alicyclic amines) is 1. The van der Waals surface area contributed by atoms with Crippen molar-refractivity contribution in [3.05, 3.63) is 66.2 Å². The van der Waals surface area contributed by atoms with Gasteiger partial charge in [0.25, 0.3) is 0 Å². The van der Waals surface area contributed by atoms with E-state index in [1.165, 1.54) is 12.5 Å². The van der Waals surface area contributed by atoms with E-state index < -0.39 is 0 Å². The molecule has 0 bridgehead atoms. The quantitative estimate of drug-likeness (QED) is 0.334. The molecule has 9 heteroatoms. The Morgan fingerprint density at radius 3 is 2.37 bits per heavy atom. The Balaban J connectivity index is 1.32. The number of aromatic nitrogens is 2. The van der Waals surface area contributed by atoms with Gasteiger partial charge in [-0.2, -0.15) is 0 Å². The number of benzene rings is 2. The first-order valence-electron chi connectivity index (χ1n) is 13.1. The molecular weight excluding hydrogens is 480 g/mol. The molecule has 1 aromatic heterocycles. The third kappa shape index (κ3) is 8.27. The number of hydrogen-bond acceptors (Lipinski definition) is 7. The van der Waals surface area contributed by atoms with Gasteiger partial charge in [-0.15, -0.1) is 0 Å². The summed E-state index contributed by atoms with van der Waals surface area (Å²) >= 11 is 0. The molecule has 0 atom stereocenters. The van der Waals surface area contributed by atoms with Crippen LogP contribution >= 0.6 is 0 Å². The molecule has 4 rings (SSSR count). The van der Waals surface area contributed by atoms with Crippen LogP contribution in [0.5, 0.6) is 5.75 Å². The lowest BCUT2D eigenvalue weighted by Gasteiger charge is -2.31. The number of hydrogen-bond donors (Lipinski definition) is 3. The second-order valence-corrected chi connectivity index (χ2v) is 9.56. The fourth-order valence-electron chi connectivity index (χ4n) is 4.58. The zero-order chi connectivity index (χ0) is 26.7. The van der Waals surface area contributed by atoms with E-state index in [1.54, 1.807) is 13.2 Å². The first-order valence-corrected chi connectivity index (χ1v) is 13.1. The van der Waals surface area contributed by atoms with Crippen LogP contribution in [0.3, 0.4) is 0 Å². The summed E-state index contributed by atoms with van der Waals surface area (Å²) in [6, 6.07) is 19.6. The molecule has 0 radical (unpaired) electrons. The van der Waals surface area contributed by atoms with E-state index >= 15 is 0 Å². The minimum absolute atomic E-state index is 0.0859. The number of nitrogens with one attached hydrogen (secondary N) is 3. The Morgan fingerprint density at radius 2 is 1.68 bits per heavy atom. The van der Waals surface area contributed by atoms with Gasteiger partial charge in [-0.3, -0.25) is 14.5 Å². The van der Waals surface area contributed by atoms with Gasteiger partial charge in [0.05, 0.1) is 13.7 Å². The summed E-state index contributed by atoms with van der Waals surface area (Å²) in [5.74, 6) is 2.85. The van der Waals surface area contributed by atoms with Gasteiger partial charge in [0, 0.05) is 31.6 Å². The molecule has 1 aliphatic heterocycles. The summed E-state index contributed by atoms with van der Waals surface area (Å²) in [5.41, 5.74) is 2.17. The molecule has 2 aromatic carbocycles. The number of amides is 2. The number of anilines is 2. The highest BCUT2D eigenvalue weighted by molar-refractivity contribution is 5.92. The summed E-state index contributed by atoms with van der Waals surface area (Å²) in [5, 5.41) is 8.91. The third-order valence-corrected chi connectivity index (χ3v) is 6.59. The summed E-state index contributed by atoms with van der Waals surface area (Å²) in [7, 11) is 1.68. The molecule has 0 spiro atoms. The van der Waals surface area contributed by atoms with Crippen molar-refractivity contribution in [2.45, 2.75) is 26.2 Å². The molecule has 1 saturated heterocycles. The van der Waals surface area contributed by atoms with Gasteiger partial charge in [0.2, 0.25) is 11.8 Å². The van der Waals surface area contributed by atoms with E-state index in [1.807, 2.05) is 42.5 Å². The summed E-state index contributed by atoms with van der Waals surface area (Å²) in [4.78, 5) is 35.4. The van der Waals surface area contributed by atoms with Crippen LogP contribution < -0.4 is 20.7 Å². The second kappa shape index (κ2) is 13.5. The normalized spacial score (nSPS) is 14.1. The van der Waals surface area contributed by atoms with E-state index in [9.17, 15) is 9.59 Å². The van der Waals surface area contributed by atoms with Crippen molar-refractivity contribution in [2.75, 3.05) is 50.5 Å². The van der Waals surface area contributed by atoms with Crippen LogP contribution in [0, 0.1) is 5.92 Å². The number of carbonyl (C=O) groups excluding carboxylic acids is 2. The third-order valence-electron chi connectivity index (χ3n) is 6.59. The highest BCUT2D eigenvalue weighted by Crippen LogP contribution is 2.24. The predicted octanol–water partition coefficient (Wildman–Crippen LogP) is 3.59. The Hall–Kier alpha value is -3.98. The molecule has 2 amide bonds. The summed E-state index contributed by atoms with van der Waals surface area (Å²) < 4.78 is 5.25. The number of rotatable bonds is 11. The van der Waals surface area contributed by atoms with Gasteiger partial charge in [0.1, 0.15) is 17.4 Å². The maximum atomic E-state index is 12.9. The van der Waals surface area contributed by atoms with E-state index in [2.05, 4.69) is 43.0 Å². The zero-order valence-electron chi connectivity index (χ0n) is 22.1. The molecule has 0 unspecified atom stereocenters. The molecule has 3 aromatic rings. The Labute approximate surface area is 224 Å². The fraction of sp³-hybridized carbons (Fsp3) is 0.379. The van der Waals surface area contributed by atoms with Gasteiger partial charge < -0.3 is 20.7 Å². The molecule has 38 heavy (non-hydrogen) atoms. The van der Waals surface area contributed by atoms with E-state index in [0.717, 1.165) is 43.7 Å². The first kappa shape index (κ1) is 27.1. The Kier molecular flexibility index (Phi) is 9.64. The van der Waals surface area contributed by atoms with Gasteiger partial charge in [-0.1, -0.05) is 42.5 Å². The maximum absolute atomic E-state index is 12.9. The number of carbonyl (C=O) groups is 2. The van der Waals surface area contributed by atoms with Gasteiger partial charge in [-0.05, 0) is 56.0 Å². The molecule has 2 heterocycles. The van der Waals surface area contributed by atoms with E-state index in [0.29, 0.717) is 43.0 Å². The molecule has 9 nitrogen and oxygen atoms in total. The highest BCUT2D eigenvalue weighted by atomic mass is 16.5. The lowest BCUT2D eigenvalue weighted by Crippen LogP contribution is -2.39. The summed E-state index contributed by atoms with van der Waals surface area (Å²) in [6.45, 7) is 4.56. The first-order chi connectivity index (χ1) is 18.5. The van der Waals surface area contributed by atoms with Crippen LogP contribution in [-0.4, -0.2) is 66.5 Å². The smallest absolute Gasteiger partial charge is 0.239 e. The van der Waals surface area contributed by atoms with Crippen molar-refractivity contribution in [3.63, 3.8) is 0 Å². The van der Waals surface area contributed by atoms with Crippen LogP contribution in [0.25, 0.3) is 11.4 Å². The van der Waals surface area contributed by atoms with Crippen LogP contribution in [0.1, 0.15) is 25.3 Å². The minimum Gasteiger partial charge on any atom is -0.497 e. The van der Waals surface area contributed by atoms with E-state index in [-0.39, 0.29) is 11.8 Å². The molecule has 200 valence electrons. The molecule has 3 N–H and O–H groups in total. The average molecular weight is 517 g/mol. The number of methoxy groups -OCH3 is 1. The lowest BCUT2D eigenvalue weighted by atomic mass is 9.90. The van der Waals surface area contributed by atoms with Crippen molar-refractivity contribution in [1.82, 2.24) is 20.2 Å². The molecule has 1 fully saturated rings. The molecule has 0 aliphatic carbocycles. The number of piperidine rings is 1. The fourth-order valence-corrected chi connectivity index (χ4v) is 4.58. The van der Waals surface area contributed by atoms with Crippen LogP contribution in [0.15, 0.2) is 60.7 Å². The van der Waals surface area contributed by atoms with Gasteiger partial charge >= 0.3 is 0 Å². The Morgan fingerprint density at radius 1 is 0.974 bits per heavy atom. The standard InChI is InChI=1S/C29H36N6O3/c1-21(36)30-14-15-31-26-19-27(34-29(33-26)24-6-4-3-5-7-24)32-28(37)20-35-16-12-23(13-17-35)18-22-8-10-25(38-2)11-9-22/h3-11,19,23H,12-18,20H2,1-2H3,(H,30,36)(H2,31,32,33,34,37). The average Bonchev–Trinajstić information content (AvgIpc) is 2.93. The van der Waals surface area contributed by atoms with Gasteiger partial charge in [-0.25, -0.2) is 9.97 Å². The van der Waals surface area contributed by atoms with E-state index in [4.69, 9.17) is 4.74 Å². The van der Waals surface area contributed by atoms with Crippen molar-refractivity contribution in [1.29, 1.82) is 0 Å². The molecule has 1 aliphatic rings. The monoisotopic (exact) mass is 516 g/mol. The number of nitrogens with zero attached hydrogens (tertiary/aromatic N) is 3. The van der Waals surface area contributed by atoms with Crippen LogP contribution in [0.4, 0.5) is 11.6 Å². The zero-order valence-corrected chi connectivity index (χ0v) is 22.1. The van der Waals surface area contributed by atoms with Crippen LogP contribution in [-0.2, 0) is 16.0 Å². The molecule has 0 saturated carbocycles. The van der Waals surface area contributed by atoms with Crippen LogP contribution in [0.2, 0.25) is 0 Å². The SMILES string of the molecule is COc1ccc(CC2CCN(CC(=O)Nc3cc(NCCNC(C)=O)nc(-c4ccccc4)n3)CC2)cc1. The topological polar surface area (TPSA) is 108 Å². The minimum atomic E-state index is -0.0967. The highest BCUT2D eigenvalue weighted by Gasteiger charge is 2.21. The predicted molar refractivity (Wildman–Crippen MR) is 149 cm³/mol. The molecular formula is C29H36N6O3. The maximum Gasteiger partial charge on any atom is 0.239 e. The second-order valence-electron chi connectivity index (χ2n) is 9.56. The largest absolute Gasteiger partial charge is 0.497 e. The summed E-state index contributed by atoms with van der Waals surface area (Å²) in [6.07, 6.45) is 3.17.